The lowest BCUT2D eigenvalue weighted by molar-refractivity contribution is -0.123. The van der Waals surface area contributed by atoms with Crippen molar-refractivity contribution in [2.45, 2.75) is 6.92 Å². The molecule has 0 fully saturated rings. The molecule has 3 aromatic rings. The van der Waals surface area contributed by atoms with Crippen LogP contribution >= 0.6 is 11.6 Å². The fraction of sp³-hybridized carbons (Fsp3) is 0.130. The van der Waals surface area contributed by atoms with E-state index in [-0.39, 0.29) is 12.4 Å². The summed E-state index contributed by atoms with van der Waals surface area (Å²) in [4.78, 5) is 12.0. The van der Waals surface area contributed by atoms with Gasteiger partial charge in [0.2, 0.25) is 0 Å². The van der Waals surface area contributed by atoms with E-state index in [9.17, 15) is 9.90 Å². The lowest BCUT2D eigenvalue weighted by Crippen LogP contribution is -2.24. The van der Waals surface area contributed by atoms with Crippen LogP contribution < -0.4 is 14.9 Å². The Morgan fingerprint density at radius 1 is 1.03 bits per heavy atom. The molecule has 0 heterocycles. The first-order chi connectivity index (χ1) is 15.6. The highest BCUT2D eigenvalue weighted by atomic mass is 35.5. The van der Waals surface area contributed by atoms with E-state index in [1.807, 2.05) is 13.0 Å². The summed E-state index contributed by atoms with van der Waals surface area (Å²) in [6, 6.07) is 18.7. The summed E-state index contributed by atoms with van der Waals surface area (Å²) in [5.41, 5.74) is 3.70. The maximum absolute atomic E-state index is 12.0. The third kappa shape index (κ3) is 6.55. The highest BCUT2D eigenvalue weighted by Crippen LogP contribution is 2.28. The first-order valence-corrected chi connectivity index (χ1v) is 10.1. The zero-order chi connectivity index (χ0) is 22.8. The SMILES string of the molecule is CCOc1ccccc1OCC(=O)N/N=C\c1cc(N=Nc2ccccc2Cl)ccc1O. The van der Waals surface area contributed by atoms with Crippen molar-refractivity contribution in [1.82, 2.24) is 5.43 Å². The lowest BCUT2D eigenvalue weighted by Gasteiger charge is -2.10. The van der Waals surface area contributed by atoms with Crippen LogP contribution in [0.2, 0.25) is 5.02 Å². The number of phenolic OH excluding ortho intramolecular Hbond substituents is 1. The molecule has 0 saturated carbocycles. The van der Waals surface area contributed by atoms with Gasteiger partial charge in [0.05, 0.1) is 23.5 Å². The number of nitrogens with zero attached hydrogens (tertiary/aromatic N) is 3. The number of nitrogens with one attached hydrogen (secondary N) is 1. The molecule has 0 aromatic heterocycles. The third-order valence-corrected chi connectivity index (χ3v) is 4.36. The van der Waals surface area contributed by atoms with E-state index in [2.05, 4.69) is 20.8 Å². The second kappa shape index (κ2) is 11.5. The summed E-state index contributed by atoms with van der Waals surface area (Å²) in [5, 5.41) is 22.6. The normalized spacial score (nSPS) is 11.1. The number of azo groups is 1. The predicted molar refractivity (Wildman–Crippen MR) is 123 cm³/mol. The van der Waals surface area contributed by atoms with Gasteiger partial charge in [-0.25, -0.2) is 5.43 Å². The second-order valence-corrected chi connectivity index (χ2v) is 6.76. The van der Waals surface area contributed by atoms with Gasteiger partial charge in [-0.1, -0.05) is 35.9 Å². The van der Waals surface area contributed by atoms with Crippen LogP contribution in [0.3, 0.4) is 0 Å². The molecule has 8 nitrogen and oxygen atoms in total. The molecule has 0 radical (unpaired) electrons. The Hall–Kier alpha value is -3.91. The number of rotatable bonds is 9. The number of phenols is 1. The number of aromatic hydroxyl groups is 1. The van der Waals surface area contributed by atoms with E-state index in [0.29, 0.717) is 40.1 Å². The van der Waals surface area contributed by atoms with Crippen molar-refractivity contribution < 1.29 is 19.4 Å². The van der Waals surface area contributed by atoms with Gasteiger partial charge in [0.1, 0.15) is 11.4 Å². The minimum atomic E-state index is -0.471. The number of para-hydroxylation sites is 2. The van der Waals surface area contributed by atoms with Crippen LogP contribution in [-0.2, 0) is 4.79 Å². The fourth-order valence-electron chi connectivity index (χ4n) is 2.55. The van der Waals surface area contributed by atoms with Gasteiger partial charge in [0, 0.05) is 5.56 Å². The van der Waals surface area contributed by atoms with Crippen molar-refractivity contribution in [3.05, 3.63) is 77.3 Å². The summed E-state index contributed by atoms with van der Waals surface area (Å²) in [7, 11) is 0. The van der Waals surface area contributed by atoms with Gasteiger partial charge in [0.25, 0.3) is 5.91 Å². The smallest absolute Gasteiger partial charge is 0.277 e. The van der Waals surface area contributed by atoms with Crippen LogP contribution in [0.4, 0.5) is 11.4 Å². The number of hydrogen-bond donors (Lipinski definition) is 2. The van der Waals surface area contributed by atoms with Crippen molar-refractivity contribution in [1.29, 1.82) is 0 Å². The molecule has 32 heavy (non-hydrogen) atoms. The third-order valence-electron chi connectivity index (χ3n) is 4.04. The van der Waals surface area contributed by atoms with Crippen LogP contribution in [0.15, 0.2) is 82.1 Å². The topological polar surface area (TPSA) is 105 Å². The summed E-state index contributed by atoms with van der Waals surface area (Å²) in [5.74, 6) is 0.518. The van der Waals surface area contributed by atoms with E-state index in [1.54, 1.807) is 54.6 Å². The molecule has 0 bridgehead atoms. The molecule has 3 rings (SSSR count). The average Bonchev–Trinajstić information content (AvgIpc) is 2.80. The molecule has 0 aliphatic heterocycles. The zero-order valence-electron chi connectivity index (χ0n) is 17.2. The van der Waals surface area contributed by atoms with E-state index >= 15 is 0 Å². The van der Waals surface area contributed by atoms with Crippen molar-refractivity contribution in [3.8, 4) is 17.2 Å². The maximum Gasteiger partial charge on any atom is 0.277 e. The van der Waals surface area contributed by atoms with Gasteiger partial charge < -0.3 is 14.6 Å². The minimum Gasteiger partial charge on any atom is -0.507 e. The zero-order valence-corrected chi connectivity index (χ0v) is 18.0. The van der Waals surface area contributed by atoms with Crippen LogP contribution in [0.1, 0.15) is 12.5 Å². The van der Waals surface area contributed by atoms with E-state index in [1.165, 1.54) is 12.3 Å². The Morgan fingerprint density at radius 3 is 2.50 bits per heavy atom. The standard InChI is InChI=1S/C23H21ClN4O4/c1-2-31-21-9-5-6-10-22(21)32-15-23(30)28-25-14-16-13-17(11-12-20(16)29)26-27-19-8-4-3-7-18(19)24/h3-14,29H,2,15H2,1H3,(H,28,30)/b25-14-,27-26?. The van der Waals surface area contributed by atoms with Crippen LogP contribution in [0.5, 0.6) is 17.2 Å². The van der Waals surface area contributed by atoms with Crippen LogP contribution in [0.25, 0.3) is 0 Å². The Morgan fingerprint density at radius 2 is 1.75 bits per heavy atom. The van der Waals surface area contributed by atoms with Gasteiger partial charge in [0.15, 0.2) is 18.1 Å². The highest BCUT2D eigenvalue weighted by Gasteiger charge is 2.07. The number of ether oxygens (including phenoxy) is 2. The van der Waals surface area contributed by atoms with Gasteiger partial charge >= 0.3 is 0 Å². The molecule has 0 aliphatic carbocycles. The number of benzene rings is 3. The summed E-state index contributed by atoms with van der Waals surface area (Å²) >= 11 is 6.06. The molecule has 3 aromatic carbocycles. The molecule has 1 amide bonds. The summed E-state index contributed by atoms with van der Waals surface area (Å²) < 4.78 is 10.9. The quantitative estimate of drug-likeness (QED) is 0.258. The van der Waals surface area contributed by atoms with Crippen molar-refractivity contribution in [3.63, 3.8) is 0 Å². The number of hydrogen-bond acceptors (Lipinski definition) is 7. The largest absolute Gasteiger partial charge is 0.507 e. The first kappa shape index (κ1) is 22.8. The molecule has 2 N–H and O–H groups in total. The lowest BCUT2D eigenvalue weighted by atomic mass is 10.2. The van der Waals surface area contributed by atoms with E-state index in [4.69, 9.17) is 21.1 Å². The number of halogens is 1. The molecule has 0 aliphatic rings. The number of carbonyl (C=O) groups is 1. The Kier molecular flexibility index (Phi) is 8.16. The molecular weight excluding hydrogens is 432 g/mol. The highest BCUT2D eigenvalue weighted by molar-refractivity contribution is 6.32. The van der Waals surface area contributed by atoms with Gasteiger partial charge in [-0.3, -0.25) is 4.79 Å². The average molecular weight is 453 g/mol. The number of carbonyl (C=O) groups excluding carboxylic acids is 1. The Balaban J connectivity index is 1.58. The van der Waals surface area contributed by atoms with E-state index in [0.717, 1.165) is 0 Å². The van der Waals surface area contributed by atoms with Crippen molar-refractivity contribution in [2.75, 3.05) is 13.2 Å². The monoisotopic (exact) mass is 452 g/mol. The molecule has 0 saturated heterocycles. The molecule has 164 valence electrons. The number of amides is 1. The molecule has 9 heteroatoms. The molecule has 0 unspecified atom stereocenters. The second-order valence-electron chi connectivity index (χ2n) is 6.36. The van der Waals surface area contributed by atoms with E-state index < -0.39 is 5.91 Å². The van der Waals surface area contributed by atoms with Gasteiger partial charge in [-0.15, -0.1) is 5.11 Å². The van der Waals surface area contributed by atoms with Crippen LogP contribution in [-0.4, -0.2) is 30.4 Å². The number of hydrazone groups is 1. The maximum atomic E-state index is 12.0. The fourth-order valence-corrected chi connectivity index (χ4v) is 2.72. The van der Waals surface area contributed by atoms with Gasteiger partial charge in [-0.2, -0.15) is 10.2 Å². The van der Waals surface area contributed by atoms with Crippen molar-refractivity contribution in [2.24, 2.45) is 15.3 Å². The molecule has 0 spiro atoms. The predicted octanol–water partition coefficient (Wildman–Crippen LogP) is 5.39. The van der Waals surface area contributed by atoms with Gasteiger partial charge in [-0.05, 0) is 49.4 Å². The Labute approximate surface area is 190 Å². The Bertz CT molecular complexity index is 1130. The van der Waals surface area contributed by atoms with Crippen LogP contribution in [0, 0.1) is 0 Å². The summed E-state index contributed by atoms with van der Waals surface area (Å²) in [6.45, 7) is 2.09. The minimum absolute atomic E-state index is 0.0263. The first-order valence-electron chi connectivity index (χ1n) is 9.72. The molecular formula is C23H21ClN4O4. The van der Waals surface area contributed by atoms with Crippen molar-refractivity contribution >= 4 is 35.1 Å². The summed E-state index contributed by atoms with van der Waals surface area (Å²) in [6.07, 6.45) is 1.30. The molecule has 0 atom stereocenters.